The van der Waals surface area contributed by atoms with Crippen LogP contribution in [0.5, 0.6) is 0 Å². The molecule has 14 nitrogen and oxygen atoms in total. The number of carbonyl (C=O) groups excluding carboxylic acids is 4. The van der Waals surface area contributed by atoms with Gasteiger partial charge in [-0.25, -0.2) is 4.39 Å². The van der Waals surface area contributed by atoms with Gasteiger partial charge in [0.2, 0.25) is 11.8 Å². The first-order valence-corrected chi connectivity index (χ1v) is 20.2. The normalized spacial score (nSPS) is 15.6. The third-order valence-electron chi connectivity index (χ3n) is 9.49. The van der Waals surface area contributed by atoms with E-state index in [1.807, 2.05) is 44.2 Å². The second-order valence-electron chi connectivity index (χ2n) is 14.1. The fraction of sp³-hybridized carbons (Fsp3) is 0.450. The maximum Gasteiger partial charge on any atom is 0.303 e. The Morgan fingerprint density at radius 2 is 1.45 bits per heavy atom. The third kappa shape index (κ3) is 12.0. The molecule has 1 aliphatic heterocycles. The molecule has 0 unspecified atom stereocenters. The molecule has 5 N–H and O–H groups in total. The summed E-state index contributed by atoms with van der Waals surface area (Å²) >= 11 is 0. The van der Waals surface area contributed by atoms with Crippen molar-refractivity contribution in [3.05, 3.63) is 101 Å². The number of hydrogen-bond acceptors (Lipinski definition) is 8. The molecule has 3 aromatic carbocycles. The molecular formula is C40H54FN7O7S. The number of halogens is 1. The highest BCUT2D eigenvalue weighted by molar-refractivity contribution is 7.90. The fourth-order valence-electron chi connectivity index (χ4n) is 6.10. The largest absolute Gasteiger partial charge is 0.379 e. The van der Waals surface area contributed by atoms with Crippen molar-refractivity contribution >= 4 is 39.5 Å². The molecule has 0 spiro atoms. The predicted molar refractivity (Wildman–Crippen MR) is 213 cm³/mol. The number of rotatable bonds is 18. The first-order valence-electron chi connectivity index (χ1n) is 18.8. The minimum Gasteiger partial charge on any atom is -0.379 e. The van der Waals surface area contributed by atoms with Crippen molar-refractivity contribution in [3.63, 3.8) is 0 Å². The molecule has 3 aromatic rings. The number of amides is 4. The van der Waals surface area contributed by atoms with Gasteiger partial charge in [0.1, 0.15) is 11.9 Å². The summed E-state index contributed by atoms with van der Waals surface area (Å²) in [6, 6.07) is 16.7. The van der Waals surface area contributed by atoms with E-state index in [9.17, 15) is 32.0 Å². The summed E-state index contributed by atoms with van der Waals surface area (Å²) in [6.07, 6.45) is 0.370. The zero-order valence-electron chi connectivity index (χ0n) is 32.8. The summed E-state index contributed by atoms with van der Waals surface area (Å²) in [6.45, 7) is 10.2. The van der Waals surface area contributed by atoms with Crippen LogP contribution >= 0.6 is 0 Å². The Bertz CT molecular complexity index is 1910. The van der Waals surface area contributed by atoms with Gasteiger partial charge < -0.3 is 31.3 Å². The van der Waals surface area contributed by atoms with E-state index < -0.39 is 52.0 Å². The van der Waals surface area contributed by atoms with E-state index in [0.29, 0.717) is 18.5 Å². The van der Waals surface area contributed by atoms with Crippen LogP contribution in [0.4, 0.5) is 10.1 Å². The number of morpholine rings is 1. The lowest BCUT2D eigenvalue weighted by Gasteiger charge is -2.31. The lowest BCUT2D eigenvalue weighted by Crippen LogP contribution is -2.55. The van der Waals surface area contributed by atoms with E-state index in [2.05, 4.69) is 26.6 Å². The van der Waals surface area contributed by atoms with Gasteiger partial charge in [0.25, 0.3) is 11.8 Å². The van der Waals surface area contributed by atoms with E-state index in [1.165, 1.54) is 41.7 Å². The monoisotopic (exact) mass is 795 g/mol. The molecule has 0 bridgehead atoms. The molecule has 0 aromatic heterocycles. The summed E-state index contributed by atoms with van der Waals surface area (Å²) in [5, 5.41) is 14.6. The van der Waals surface area contributed by atoms with Gasteiger partial charge in [-0.15, -0.1) is 0 Å². The Labute approximate surface area is 329 Å². The highest BCUT2D eigenvalue weighted by Crippen LogP contribution is 2.24. The number of carbonyl (C=O) groups is 4. The van der Waals surface area contributed by atoms with Crippen molar-refractivity contribution in [2.75, 3.05) is 50.7 Å². The maximum absolute atomic E-state index is 14.1. The van der Waals surface area contributed by atoms with Crippen LogP contribution in [0.25, 0.3) is 0 Å². The van der Waals surface area contributed by atoms with Gasteiger partial charge in [0.15, 0.2) is 0 Å². The Morgan fingerprint density at radius 3 is 2.04 bits per heavy atom. The van der Waals surface area contributed by atoms with Crippen LogP contribution in [-0.2, 0) is 31.0 Å². The molecule has 16 heteroatoms. The van der Waals surface area contributed by atoms with Crippen molar-refractivity contribution in [2.24, 2.45) is 5.92 Å². The molecule has 0 saturated carbocycles. The van der Waals surface area contributed by atoms with Gasteiger partial charge in [-0.2, -0.15) is 12.7 Å². The topological polar surface area (TPSA) is 178 Å². The Morgan fingerprint density at radius 1 is 0.839 bits per heavy atom. The van der Waals surface area contributed by atoms with Crippen molar-refractivity contribution in [1.82, 2.24) is 30.9 Å². The number of anilines is 1. The molecule has 4 atom stereocenters. The lowest BCUT2D eigenvalue weighted by atomic mass is 10.0. The number of benzene rings is 3. The average Bonchev–Trinajstić information content (AvgIpc) is 3.19. The molecular weight excluding hydrogens is 742 g/mol. The molecule has 1 fully saturated rings. The number of nitrogens with one attached hydrogen (secondary N) is 5. The zero-order chi connectivity index (χ0) is 41.0. The van der Waals surface area contributed by atoms with Crippen LogP contribution in [-0.4, -0.2) is 101 Å². The minimum atomic E-state index is -4.07. The Hall–Kier alpha value is -4.90. The fourth-order valence-corrected chi connectivity index (χ4v) is 7.43. The standard InChI is InChI=1S/C40H54FN7O7S/c1-7-42-40(52)36(26(2)3)46-37(49)28(5)43-25-34(21-29-11-9-8-10-12-29)45-39(51)32-22-31(38(50)44-27(4)30-13-15-33(41)16-14-30)23-35(24-32)47(6)56(53,54)48-17-19-55-20-18-48/h8-16,22-24,26-28,34,36,43H,7,17-21,25H2,1-6H3,(H,42,52)(H,44,50)(H,45,51)(H,46,49)/t27-,28+,34+,36+/m1/s1. The number of nitrogens with zero attached hydrogens (tertiary/aromatic N) is 2. The average molecular weight is 796 g/mol. The minimum absolute atomic E-state index is 0.0247. The van der Waals surface area contributed by atoms with Crippen LogP contribution in [0.2, 0.25) is 0 Å². The van der Waals surface area contributed by atoms with E-state index in [0.717, 1.165) is 9.87 Å². The van der Waals surface area contributed by atoms with E-state index in [1.54, 1.807) is 32.9 Å². The second kappa shape index (κ2) is 20.3. The first-order chi connectivity index (χ1) is 26.6. The summed E-state index contributed by atoms with van der Waals surface area (Å²) in [5.41, 5.74) is 1.69. The Kier molecular flexibility index (Phi) is 15.9. The second-order valence-corrected chi connectivity index (χ2v) is 16.1. The molecule has 1 saturated heterocycles. The van der Waals surface area contributed by atoms with E-state index in [-0.39, 0.29) is 67.4 Å². The Balaban J connectivity index is 1.61. The highest BCUT2D eigenvalue weighted by atomic mass is 32.2. The molecule has 0 radical (unpaired) electrons. The van der Waals surface area contributed by atoms with Crippen molar-refractivity contribution in [1.29, 1.82) is 0 Å². The summed E-state index contributed by atoms with van der Waals surface area (Å²) in [7, 11) is -2.71. The molecule has 4 amide bonds. The lowest BCUT2D eigenvalue weighted by molar-refractivity contribution is -0.130. The first kappa shape index (κ1) is 43.8. The summed E-state index contributed by atoms with van der Waals surface area (Å²) in [4.78, 5) is 53.6. The molecule has 56 heavy (non-hydrogen) atoms. The van der Waals surface area contributed by atoms with Crippen LogP contribution in [0.1, 0.15) is 72.5 Å². The number of hydrogen-bond donors (Lipinski definition) is 5. The van der Waals surface area contributed by atoms with Gasteiger partial charge in [0.05, 0.1) is 31.0 Å². The highest BCUT2D eigenvalue weighted by Gasteiger charge is 2.31. The van der Waals surface area contributed by atoms with Crippen LogP contribution in [0, 0.1) is 11.7 Å². The smallest absolute Gasteiger partial charge is 0.303 e. The van der Waals surface area contributed by atoms with Crippen molar-refractivity contribution in [3.8, 4) is 0 Å². The summed E-state index contributed by atoms with van der Waals surface area (Å²) in [5.74, 6) is -2.40. The summed E-state index contributed by atoms with van der Waals surface area (Å²) < 4.78 is 48.6. The molecule has 0 aliphatic carbocycles. The third-order valence-corrected chi connectivity index (χ3v) is 11.4. The van der Waals surface area contributed by atoms with Gasteiger partial charge in [0, 0.05) is 50.4 Å². The van der Waals surface area contributed by atoms with E-state index in [4.69, 9.17) is 4.74 Å². The van der Waals surface area contributed by atoms with Gasteiger partial charge in [-0.3, -0.25) is 23.5 Å². The van der Waals surface area contributed by atoms with Gasteiger partial charge in [-0.1, -0.05) is 56.3 Å². The van der Waals surface area contributed by atoms with Gasteiger partial charge >= 0.3 is 10.2 Å². The maximum atomic E-state index is 14.1. The van der Waals surface area contributed by atoms with Crippen LogP contribution in [0.3, 0.4) is 0 Å². The SMILES string of the molecule is CCNC(=O)[C@@H](NC(=O)[C@H](C)NC[C@H](Cc1ccccc1)NC(=O)c1cc(C(=O)N[C@H](C)c2ccc(F)cc2)cc(N(C)S(=O)(=O)N2CCOCC2)c1)C(C)C. The van der Waals surface area contributed by atoms with Crippen molar-refractivity contribution < 1.29 is 36.7 Å². The quantitative estimate of drug-likeness (QED) is 0.131. The molecule has 1 aliphatic rings. The predicted octanol–water partition coefficient (Wildman–Crippen LogP) is 2.93. The van der Waals surface area contributed by atoms with Crippen LogP contribution in [0.15, 0.2) is 72.8 Å². The molecule has 4 rings (SSSR count). The number of likely N-dealkylation sites (N-methyl/N-ethyl adjacent to an activating group) is 1. The number of ether oxygens (including phenoxy) is 1. The molecule has 304 valence electrons. The van der Waals surface area contributed by atoms with Crippen LogP contribution < -0.4 is 30.9 Å². The van der Waals surface area contributed by atoms with Gasteiger partial charge in [-0.05, 0) is 74.6 Å². The molecule has 1 heterocycles. The zero-order valence-corrected chi connectivity index (χ0v) is 33.6. The van der Waals surface area contributed by atoms with E-state index >= 15 is 0 Å². The van der Waals surface area contributed by atoms with Crippen molar-refractivity contribution in [2.45, 2.75) is 65.2 Å².